The minimum atomic E-state index is 0.525. The molecule has 0 aliphatic carbocycles. The molecule has 0 aliphatic heterocycles. The lowest BCUT2D eigenvalue weighted by molar-refractivity contribution is 0.478. The summed E-state index contributed by atoms with van der Waals surface area (Å²) in [6.07, 6.45) is 2.02. The average Bonchev–Trinajstić information content (AvgIpc) is 2.35. The van der Waals surface area contributed by atoms with Crippen LogP contribution >= 0.6 is 0 Å². The van der Waals surface area contributed by atoms with Crippen LogP contribution in [0.5, 0.6) is 0 Å². The number of likely N-dealkylation sites (N-methyl/N-ethyl adjacent to an activating group) is 1. The van der Waals surface area contributed by atoms with Gasteiger partial charge in [0.25, 0.3) is 0 Å². The minimum absolute atomic E-state index is 0.525. The third-order valence-corrected chi connectivity index (χ3v) is 3.27. The monoisotopic (exact) mass is 228 g/mol. The molecule has 1 atom stereocenters. The number of aromatic nitrogens is 1. The first kappa shape index (κ1) is 12.1. The van der Waals surface area contributed by atoms with E-state index in [0.717, 1.165) is 12.1 Å². The molecule has 0 spiro atoms. The van der Waals surface area contributed by atoms with Crippen molar-refractivity contribution in [2.24, 2.45) is 5.92 Å². The van der Waals surface area contributed by atoms with Gasteiger partial charge in [-0.2, -0.15) is 0 Å². The third-order valence-electron chi connectivity index (χ3n) is 3.27. The molecule has 1 unspecified atom stereocenters. The number of hydrogen-bond donors (Lipinski definition) is 1. The molecule has 0 bridgehead atoms. The molecule has 90 valence electrons. The zero-order valence-corrected chi connectivity index (χ0v) is 10.8. The van der Waals surface area contributed by atoms with E-state index in [0.29, 0.717) is 11.8 Å². The Labute approximate surface area is 103 Å². The summed E-state index contributed by atoms with van der Waals surface area (Å²) >= 11 is 0. The maximum atomic E-state index is 4.54. The molecule has 2 rings (SSSR count). The second kappa shape index (κ2) is 5.28. The van der Waals surface area contributed by atoms with E-state index >= 15 is 0 Å². The summed E-state index contributed by atoms with van der Waals surface area (Å²) in [5.41, 5.74) is 2.40. The molecule has 2 heteroatoms. The summed E-state index contributed by atoms with van der Waals surface area (Å²) in [5, 5.41) is 4.50. The van der Waals surface area contributed by atoms with E-state index < -0.39 is 0 Å². The fourth-order valence-corrected chi connectivity index (χ4v) is 2.25. The Morgan fingerprint density at radius 2 is 2.00 bits per heavy atom. The number of fused-ring (bicyclic) bond motifs is 1. The van der Waals surface area contributed by atoms with Crippen molar-refractivity contribution in [3.63, 3.8) is 0 Å². The van der Waals surface area contributed by atoms with E-state index in [2.05, 4.69) is 48.4 Å². The molecular weight excluding hydrogens is 208 g/mol. The molecule has 1 aromatic heterocycles. The summed E-state index contributed by atoms with van der Waals surface area (Å²) in [4.78, 5) is 4.54. The maximum absolute atomic E-state index is 4.54. The van der Waals surface area contributed by atoms with Crippen molar-refractivity contribution in [1.82, 2.24) is 10.3 Å². The third kappa shape index (κ3) is 2.64. The number of benzene rings is 1. The summed E-state index contributed by atoms with van der Waals surface area (Å²) in [7, 11) is 2.00. The van der Waals surface area contributed by atoms with Crippen molar-refractivity contribution in [2.45, 2.75) is 19.8 Å². The number of para-hydroxylation sites is 1. The van der Waals surface area contributed by atoms with Gasteiger partial charge in [-0.3, -0.25) is 4.98 Å². The van der Waals surface area contributed by atoms with E-state index in [-0.39, 0.29) is 0 Å². The van der Waals surface area contributed by atoms with Gasteiger partial charge in [0.1, 0.15) is 0 Å². The molecule has 0 aliphatic rings. The van der Waals surface area contributed by atoms with Crippen LogP contribution in [0.2, 0.25) is 0 Å². The number of hydrogen-bond acceptors (Lipinski definition) is 2. The summed E-state index contributed by atoms with van der Waals surface area (Å²) in [6.45, 7) is 5.52. The first-order valence-electron chi connectivity index (χ1n) is 6.21. The predicted molar refractivity (Wildman–Crippen MR) is 73.2 cm³/mol. The standard InChI is InChI=1S/C15H20N2/c1-11(2)14(10-16-3)13-8-12-6-4-5-7-15(12)17-9-13/h4-9,11,14,16H,10H2,1-3H3. The van der Waals surface area contributed by atoms with Crippen molar-refractivity contribution in [2.75, 3.05) is 13.6 Å². The van der Waals surface area contributed by atoms with Crippen LogP contribution in [0.25, 0.3) is 10.9 Å². The normalized spacial score (nSPS) is 13.2. The molecule has 0 radical (unpaired) electrons. The zero-order chi connectivity index (χ0) is 12.3. The molecule has 0 fully saturated rings. The van der Waals surface area contributed by atoms with Crippen molar-refractivity contribution in [1.29, 1.82) is 0 Å². The molecular formula is C15H20N2. The highest BCUT2D eigenvalue weighted by molar-refractivity contribution is 5.78. The molecule has 17 heavy (non-hydrogen) atoms. The average molecular weight is 228 g/mol. The summed E-state index contributed by atoms with van der Waals surface area (Å²) in [5.74, 6) is 1.14. The Balaban J connectivity index is 2.40. The Kier molecular flexibility index (Phi) is 3.75. The van der Waals surface area contributed by atoms with Gasteiger partial charge in [0.05, 0.1) is 5.52 Å². The minimum Gasteiger partial charge on any atom is -0.319 e. The van der Waals surface area contributed by atoms with Crippen LogP contribution in [0, 0.1) is 5.92 Å². The van der Waals surface area contributed by atoms with Crippen LogP contribution in [-0.2, 0) is 0 Å². The highest BCUT2D eigenvalue weighted by atomic mass is 14.8. The second-order valence-corrected chi connectivity index (χ2v) is 4.87. The SMILES string of the molecule is CNCC(c1cnc2ccccc2c1)C(C)C. The van der Waals surface area contributed by atoms with Crippen molar-refractivity contribution in [3.05, 3.63) is 42.1 Å². The van der Waals surface area contributed by atoms with Gasteiger partial charge in [0, 0.05) is 24.0 Å². The molecule has 2 aromatic rings. The number of pyridine rings is 1. The second-order valence-electron chi connectivity index (χ2n) is 4.87. The Morgan fingerprint density at radius 1 is 1.24 bits per heavy atom. The van der Waals surface area contributed by atoms with Gasteiger partial charge in [0.2, 0.25) is 0 Å². The van der Waals surface area contributed by atoms with Crippen LogP contribution in [0.4, 0.5) is 0 Å². The first-order valence-corrected chi connectivity index (χ1v) is 6.21. The molecule has 1 N–H and O–H groups in total. The molecule has 0 saturated carbocycles. The summed E-state index contributed by atoms with van der Waals surface area (Å²) in [6, 6.07) is 10.5. The van der Waals surface area contributed by atoms with Crippen LogP contribution in [0.15, 0.2) is 36.5 Å². The van der Waals surface area contributed by atoms with E-state index in [1.165, 1.54) is 10.9 Å². The number of nitrogens with zero attached hydrogens (tertiary/aromatic N) is 1. The fourth-order valence-electron chi connectivity index (χ4n) is 2.25. The van der Waals surface area contributed by atoms with E-state index in [9.17, 15) is 0 Å². The molecule has 0 saturated heterocycles. The van der Waals surface area contributed by atoms with Gasteiger partial charge < -0.3 is 5.32 Å². The van der Waals surface area contributed by atoms with Gasteiger partial charge in [-0.1, -0.05) is 32.0 Å². The molecule has 0 amide bonds. The smallest absolute Gasteiger partial charge is 0.0702 e. The van der Waals surface area contributed by atoms with E-state index in [1.54, 1.807) is 0 Å². The van der Waals surface area contributed by atoms with Crippen molar-refractivity contribution < 1.29 is 0 Å². The molecule has 2 nitrogen and oxygen atoms in total. The maximum Gasteiger partial charge on any atom is 0.0702 e. The Bertz CT molecular complexity index is 491. The Morgan fingerprint density at radius 3 is 2.71 bits per heavy atom. The van der Waals surface area contributed by atoms with Gasteiger partial charge >= 0.3 is 0 Å². The topological polar surface area (TPSA) is 24.9 Å². The van der Waals surface area contributed by atoms with Crippen LogP contribution < -0.4 is 5.32 Å². The lowest BCUT2D eigenvalue weighted by Crippen LogP contribution is -2.21. The first-order chi connectivity index (χ1) is 8.22. The van der Waals surface area contributed by atoms with Crippen LogP contribution in [0.1, 0.15) is 25.3 Å². The van der Waals surface area contributed by atoms with Gasteiger partial charge in [-0.05, 0) is 30.7 Å². The van der Waals surface area contributed by atoms with E-state index in [1.807, 2.05) is 19.3 Å². The van der Waals surface area contributed by atoms with Gasteiger partial charge in [0.15, 0.2) is 0 Å². The summed E-state index contributed by atoms with van der Waals surface area (Å²) < 4.78 is 0. The largest absolute Gasteiger partial charge is 0.319 e. The van der Waals surface area contributed by atoms with Crippen molar-refractivity contribution in [3.8, 4) is 0 Å². The zero-order valence-electron chi connectivity index (χ0n) is 10.8. The quantitative estimate of drug-likeness (QED) is 0.869. The highest BCUT2D eigenvalue weighted by Crippen LogP contribution is 2.25. The van der Waals surface area contributed by atoms with E-state index in [4.69, 9.17) is 0 Å². The number of rotatable bonds is 4. The fraction of sp³-hybridized carbons (Fsp3) is 0.400. The highest BCUT2D eigenvalue weighted by Gasteiger charge is 2.15. The number of nitrogens with one attached hydrogen (secondary N) is 1. The van der Waals surface area contributed by atoms with Crippen LogP contribution in [0.3, 0.4) is 0 Å². The molecule has 1 aromatic carbocycles. The Hall–Kier alpha value is -1.41. The molecule has 1 heterocycles. The van der Waals surface area contributed by atoms with Crippen LogP contribution in [-0.4, -0.2) is 18.6 Å². The lowest BCUT2D eigenvalue weighted by Gasteiger charge is -2.21. The lowest BCUT2D eigenvalue weighted by atomic mass is 9.89. The van der Waals surface area contributed by atoms with Crippen molar-refractivity contribution >= 4 is 10.9 Å². The van der Waals surface area contributed by atoms with Gasteiger partial charge in [-0.15, -0.1) is 0 Å². The van der Waals surface area contributed by atoms with Gasteiger partial charge in [-0.25, -0.2) is 0 Å². The predicted octanol–water partition coefficient (Wildman–Crippen LogP) is 3.19.